The Morgan fingerprint density at radius 1 is 1.38 bits per heavy atom. The summed E-state index contributed by atoms with van der Waals surface area (Å²) >= 11 is 5.73. The molecule has 2 N–H and O–H groups in total. The zero-order valence-corrected chi connectivity index (χ0v) is 15.4. The van der Waals surface area contributed by atoms with Crippen LogP contribution in [0.3, 0.4) is 0 Å². The maximum Gasteiger partial charge on any atom is 0.191 e. The first-order chi connectivity index (χ1) is 9.67. The summed E-state index contributed by atoms with van der Waals surface area (Å²) in [6.07, 6.45) is 0.914. The average Bonchev–Trinajstić information content (AvgIpc) is 2.45. The topological polar surface area (TPSA) is 45.6 Å². The van der Waals surface area contributed by atoms with E-state index in [2.05, 4.69) is 15.6 Å². The summed E-state index contributed by atoms with van der Waals surface area (Å²) in [5, 5.41) is 6.45. The number of halogens is 3. The van der Waals surface area contributed by atoms with Gasteiger partial charge in [0.15, 0.2) is 5.96 Å². The van der Waals surface area contributed by atoms with Gasteiger partial charge in [-0.15, -0.1) is 24.0 Å². The molecule has 21 heavy (non-hydrogen) atoms. The lowest BCUT2D eigenvalue weighted by molar-refractivity contribution is 0.145. The Balaban J connectivity index is 0.00000400. The van der Waals surface area contributed by atoms with Crippen molar-refractivity contribution in [3.63, 3.8) is 0 Å². The van der Waals surface area contributed by atoms with Crippen molar-refractivity contribution in [2.75, 3.05) is 26.8 Å². The first kappa shape index (κ1) is 20.4. The van der Waals surface area contributed by atoms with Crippen LogP contribution in [-0.2, 0) is 11.3 Å². The fourth-order valence-corrected chi connectivity index (χ4v) is 1.78. The van der Waals surface area contributed by atoms with Crippen molar-refractivity contribution in [2.24, 2.45) is 4.99 Å². The second kappa shape index (κ2) is 12.0. The van der Waals surface area contributed by atoms with Crippen molar-refractivity contribution in [1.82, 2.24) is 10.6 Å². The summed E-state index contributed by atoms with van der Waals surface area (Å²) in [6.45, 7) is 4.75. The van der Waals surface area contributed by atoms with Gasteiger partial charge in [-0.2, -0.15) is 0 Å². The molecule has 4 nitrogen and oxygen atoms in total. The molecule has 0 bridgehead atoms. The number of rotatable bonds is 7. The standard InChI is InChI=1S/C14H21ClFN3O.HI/c1-3-20-8-4-7-18-14(17-2)19-10-11-5-6-13(16)12(15)9-11;/h5-6,9H,3-4,7-8,10H2,1-2H3,(H2,17,18,19);1H. The van der Waals surface area contributed by atoms with Crippen molar-refractivity contribution in [3.05, 3.63) is 34.6 Å². The van der Waals surface area contributed by atoms with E-state index in [0.717, 1.165) is 31.7 Å². The van der Waals surface area contributed by atoms with Gasteiger partial charge in [-0.25, -0.2) is 4.39 Å². The molecule has 7 heteroatoms. The first-order valence-electron chi connectivity index (χ1n) is 6.63. The lowest BCUT2D eigenvalue weighted by Gasteiger charge is -2.12. The smallest absolute Gasteiger partial charge is 0.191 e. The highest BCUT2D eigenvalue weighted by molar-refractivity contribution is 14.0. The minimum Gasteiger partial charge on any atom is -0.382 e. The molecule has 0 saturated heterocycles. The van der Waals surface area contributed by atoms with Gasteiger partial charge in [-0.05, 0) is 31.0 Å². The molecule has 0 saturated carbocycles. The van der Waals surface area contributed by atoms with E-state index in [0.29, 0.717) is 12.5 Å². The van der Waals surface area contributed by atoms with Crippen molar-refractivity contribution >= 4 is 41.5 Å². The fourth-order valence-electron chi connectivity index (χ4n) is 1.58. The summed E-state index contributed by atoms with van der Waals surface area (Å²) in [5.74, 6) is 0.288. The van der Waals surface area contributed by atoms with Crippen molar-refractivity contribution < 1.29 is 9.13 Å². The second-order valence-electron chi connectivity index (χ2n) is 4.15. The quantitative estimate of drug-likeness (QED) is 0.303. The minimum absolute atomic E-state index is 0. The van der Waals surface area contributed by atoms with E-state index in [1.807, 2.05) is 6.92 Å². The monoisotopic (exact) mass is 429 g/mol. The molecule has 0 aliphatic heterocycles. The molecule has 0 amide bonds. The molecule has 1 aromatic rings. The molecule has 1 aromatic carbocycles. The van der Waals surface area contributed by atoms with Crippen molar-refractivity contribution in [2.45, 2.75) is 19.9 Å². The average molecular weight is 430 g/mol. The van der Waals surface area contributed by atoms with E-state index in [4.69, 9.17) is 16.3 Å². The summed E-state index contributed by atoms with van der Waals surface area (Å²) in [5.41, 5.74) is 0.897. The van der Waals surface area contributed by atoms with Gasteiger partial charge in [0.1, 0.15) is 5.82 Å². The van der Waals surface area contributed by atoms with Crippen LogP contribution in [0.5, 0.6) is 0 Å². The van der Waals surface area contributed by atoms with Crippen LogP contribution < -0.4 is 10.6 Å². The van der Waals surface area contributed by atoms with Crippen LogP contribution in [0.25, 0.3) is 0 Å². The Morgan fingerprint density at radius 3 is 2.76 bits per heavy atom. The Bertz CT molecular complexity index is 446. The van der Waals surface area contributed by atoms with Gasteiger partial charge >= 0.3 is 0 Å². The number of guanidine groups is 1. The Hall–Kier alpha value is -0.600. The first-order valence-corrected chi connectivity index (χ1v) is 7.01. The van der Waals surface area contributed by atoms with Gasteiger partial charge in [0.05, 0.1) is 5.02 Å². The fraction of sp³-hybridized carbons (Fsp3) is 0.500. The maximum absolute atomic E-state index is 13.0. The number of benzene rings is 1. The molecule has 0 fully saturated rings. The van der Waals surface area contributed by atoms with Crippen LogP contribution in [0.2, 0.25) is 5.02 Å². The van der Waals surface area contributed by atoms with Gasteiger partial charge in [0.25, 0.3) is 0 Å². The van der Waals surface area contributed by atoms with Crippen LogP contribution >= 0.6 is 35.6 Å². The van der Waals surface area contributed by atoms with Crippen LogP contribution in [0, 0.1) is 5.82 Å². The zero-order chi connectivity index (χ0) is 14.8. The lowest BCUT2D eigenvalue weighted by atomic mass is 10.2. The third-order valence-corrected chi connectivity index (χ3v) is 2.92. The van der Waals surface area contributed by atoms with E-state index in [9.17, 15) is 4.39 Å². The summed E-state index contributed by atoms with van der Waals surface area (Å²) in [7, 11) is 1.70. The predicted molar refractivity (Wildman–Crippen MR) is 96.1 cm³/mol. The number of hydrogen-bond acceptors (Lipinski definition) is 2. The largest absolute Gasteiger partial charge is 0.382 e. The summed E-state index contributed by atoms with van der Waals surface area (Å²) in [4.78, 5) is 4.11. The molecule has 0 aromatic heterocycles. The van der Waals surface area contributed by atoms with Crippen LogP contribution in [0.1, 0.15) is 18.9 Å². The molecule has 0 heterocycles. The highest BCUT2D eigenvalue weighted by Gasteiger charge is 2.02. The van der Waals surface area contributed by atoms with Gasteiger partial charge in [-0.1, -0.05) is 17.7 Å². The SMILES string of the molecule is CCOCCCNC(=NC)NCc1ccc(F)c(Cl)c1.I. The number of ether oxygens (including phenoxy) is 1. The molecule has 120 valence electrons. The van der Waals surface area contributed by atoms with Gasteiger partial charge in [0.2, 0.25) is 0 Å². The van der Waals surface area contributed by atoms with E-state index in [1.54, 1.807) is 19.2 Å². The Morgan fingerprint density at radius 2 is 2.14 bits per heavy atom. The van der Waals surface area contributed by atoms with Crippen molar-refractivity contribution in [1.29, 1.82) is 0 Å². The highest BCUT2D eigenvalue weighted by atomic mass is 127. The number of nitrogens with zero attached hydrogens (tertiary/aromatic N) is 1. The van der Waals surface area contributed by atoms with Crippen LogP contribution in [0.15, 0.2) is 23.2 Å². The maximum atomic E-state index is 13.0. The lowest BCUT2D eigenvalue weighted by Crippen LogP contribution is -2.37. The number of aliphatic imine (C=N–C) groups is 1. The summed E-state index contributed by atoms with van der Waals surface area (Å²) in [6, 6.07) is 4.65. The van der Waals surface area contributed by atoms with Gasteiger partial charge in [-0.3, -0.25) is 4.99 Å². The third-order valence-electron chi connectivity index (χ3n) is 2.63. The van der Waals surface area contributed by atoms with E-state index < -0.39 is 5.82 Å². The molecule has 0 aliphatic carbocycles. The molecule has 0 unspecified atom stereocenters. The van der Waals surface area contributed by atoms with E-state index in [1.165, 1.54) is 6.07 Å². The van der Waals surface area contributed by atoms with Gasteiger partial charge < -0.3 is 15.4 Å². The van der Waals surface area contributed by atoms with E-state index >= 15 is 0 Å². The number of hydrogen-bond donors (Lipinski definition) is 2. The summed E-state index contributed by atoms with van der Waals surface area (Å²) < 4.78 is 18.3. The predicted octanol–water partition coefficient (Wildman–Crippen LogP) is 3.19. The van der Waals surface area contributed by atoms with Crippen LogP contribution in [0.4, 0.5) is 4.39 Å². The van der Waals surface area contributed by atoms with Crippen molar-refractivity contribution in [3.8, 4) is 0 Å². The Labute approximate surface area is 147 Å². The molecule has 1 rings (SSSR count). The molecule has 0 radical (unpaired) electrons. The highest BCUT2D eigenvalue weighted by Crippen LogP contribution is 2.15. The molecule has 0 atom stereocenters. The molecular weight excluding hydrogens is 408 g/mol. The molecule has 0 aliphatic rings. The molecular formula is C14H22ClFIN3O. The number of nitrogens with one attached hydrogen (secondary N) is 2. The van der Waals surface area contributed by atoms with Crippen LogP contribution in [-0.4, -0.2) is 32.8 Å². The third kappa shape index (κ3) is 8.43. The normalized spacial score (nSPS) is 11.0. The van der Waals surface area contributed by atoms with Gasteiger partial charge in [0, 0.05) is 33.4 Å². The minimum atomic E-state index is -0.408. The van der Waals surface area contributed by atoms with E-state index in [-0.39, 0.29) is 29.0 Å². The zero-order valence-electron chi connectivity index (χ0n) is 12.3. The molecule has 0 spiro atoms. The Kier molecular flexibility index (Phi) is 11.7. The second-order valence-corrected chi connectivity index (χ2v) is 4.56.